The van der Waals surface area contributed by atoms with Crippen molar-refractivity contribution >= 4 is 62.8 Å². The molecular formula is C23H14ClF3N4O2S2. The molecule has 0 bridgehead atoms. The standard InChI is InChI=1S/C23H14ClF3N4O2S2/c24-16-3-2-14(18(7-16)23(25,26)27)9-31-19-4-1-13(5-15(19)8-29-31)6-20-21(32)30(22(33)35-20)10-17-11-34-12-28-17/h1-8,11-12H,9-10H2/b20-6-. The zero-order valence-electron chi connectivity index (χ0n) is 17.6. The molecule has 1 aliphatic rings. The monoisotopic (exact) mass is 534 g/mol. The molecule has 0 radical (unpaired) electrons. The molecule has 12 heteroatoms. The van der Waals surface area contributed by atoms with E-state index in [0.29, 0.717) is 22.2 Å². The highest BCUT2D eigenvalue weighted by atomic mass is 35.5. The smallest absolute Gasteiger partial charge is 0.268 e. The SMILES string of the molecule is O=C1S/C(=C\c2ccc3c(cnn3Cc3ccc(Cl)cc3C(F)(F)F)c2)C(=O)N1Cc1cscn1. The van der Waals surface area contributed by atoms with Gasteiger partial charge in [-0.3, -0.25) is 19.2 Å². The van der Waals surface area contributed by atoms with Crippen LogP contribution in [0.25, 0.3) is 17.0 Å². The number of halogens is 4. The number of imide groups is 1. The Bertz CT molecular complexity index is 1480. The van der Waals surface area contributed by atoms with Gasteiger partial charge in [-0.1, -0.05) is 23.7 Å². The van der Waals surface area contributed by atoms with Gasteiger partial charge in [-0.15, -0.1) is 11.3 Å². The molecule has 2 amide bonds. The van der Waals surface area contributed by atoms with Gasteiger partial charge >= 0.3 is 6.18 Å². The van der Waals surface area contributed by atoms with Gasteiger partial charge in [-0.2, -0.15) is 18.3 Å². The molecule has 0 aliphatic carbocycles. The fraction of sp³-hybridized carbons (Fsp3) is 0.130. The Morgan fingerprint density at radius 2 is 1.91 bits per heavy atom. The predicted octanol–water partition coefficient (Wildman–Crippen LogP) is 6.45. The van der Waals surface area contributed by atoms with Crippen LogP contribution < -0.4 is 0 Å². The molecule has 2 aromatic heterocycles. The van der Waals surface area contributed by atoms with Crippen molar-refractivity contribution in [1.82, 2.24) is 19.7 Å². The van der Waals surface area contributed by atoms with Crippen LogP contribution in [-0.2, 0) is 24.1 Å². The lowest BCUT2D eigenvalue weighted by Crippen LogP contribution is -2.27. The van der Waals surface area contributed by atoms with Gasteiger partial charge in [0.15, 0.2) is 0 Å². The van der Waals surface area contributed by atoms with Crippen molar-refractivity contribution in [3.63, 3.8) is 0 Å². The van der Waals surface area contributed by atoms with E-state index in [1.165, 1.54) is 28.2 Å². The number of hydrogen-bond acceptors (Lipinski definition) is 6. The molecule has 35 heavy (non-hydrogen) atoms. The summed E-state index contributed by atoms with van der Waals surface area (Å²) >= 11 is 8.01. The number of thioether (sulfide) groups is 1. The van der Waals surface area contributed by atoms with Crippen LogP contribution in [0.15, 0.2) is 58.4 Å². The van der Waals surface area contributed by atoms with Gasteiger partial charge < -0.3 is 0 Å². The van der Waals surface area contributed by atoms with Gasteiger partial charge in [0.1, 0.15) is 0 Å². The van der Waals surface area contributed by atoms with Crippen molar-refractivity contribution in [3.05, 3.63) is 85.8 Å². The van der Waals surface area contributed by atoms with E-state index in [4.69, 9.17) is 11.6 Å². The summed E-state index contributed by atoms with van der Waals surface area (Å²) in [6, 6.07) is 8.87. The molecule has 1 fully saturated rings. The molecule has 1 aliphatic heterocycles. The van der Waals surface area contributed by atoms with Crippen molar-refractivity contribution < 1.29 is 22.8 Å². The van der Waals surface area contributed by atoms with E-state index < -0.39 is 17.6 Å². The maximum absolute atomic E-state index is 13.5. The third kappa shape index (κ3) is 4.84. The summed E-state index contributed by atoms with van der Waals surface area (Å²) in [7, 11) is 0. The number of carbonyl (C=O) groups is 2. The second-order valence-corrected chi connectivity index (χ2v) is 9.82. The lowest BCUT2D eigenvalue weighted by atomic mass is 10.1. The van der Waals surface area contributed by atoms with E-state index in [1.807, 2.05) is 0 Å². The van der Waals surface area contributed by atoms with Crippen LogP contribution in [0.2, 0.25) is 5.02 Å². The second kappa shape index (κ2) is 9.14. The molecule has 2 aromatic carbocycles. The highest BCUT2D eigenvalue weighted by Crippen LogP contribution is 2.35. The summed E-state index contributed by atoms with van der Waals surface area (Å²) in [5.41, 5.74) is 2.81. The quantitative estimate of drug-likeness (QED) is 0.275. The van der Waals surface area contributed by atoms with E-state index >= 15 is 0 Å². The summed E-state index contributed by atoms with van der Waals surface area (Å²) in [5, 5.41) is 6.34. The van der Waals surface area contributed by atoms with Crippen LogP contribution >= 0.6 is 34.7 Å². The van der Waals surface area contributed by atoms with Crippen LogP contribution in [0.4, 0.5) is 18.0 Å². The van der Waals surface area contributed by atoms with Crippen molar-refractivity contribution in [2.24, 2.45) is 0 Å². The molecular weight excluding hydrogens is 521 g/mol. The number of carbonyl (C=O) groups excluding carboxylic acids is 2. The number of alkyl halides is 3. The first-order valence-electron chi connectivity index (χ1n) is 10.1. The summed E-state index contributed by atoms with van der Waals surface area (Å²) in [4.78, 5) is 30.6. The molecule has 0 saturated carbocycles. The Morgan fingerprint density at radius 1 is 1.09 bits per heavy atom. The minimum absolute atomic E-state index is 0.00652. The van der Waals surface area contributed by atoms with Gasteiger partial charge in [0.25, 0.3) is 11.1 Å². The maximum atomic E-state index is 13.5. The number of rotatable bonds is 5. The third-order valence-electron chi connectivity index (χ3n) is 5.34. The van der Waals surface area contributed by atoms with Gasteiger partial charge in [0.2, 0.25) is 0 Å². The summed E-state index contributed by atoms with van der Waals surface area (Å²) < 4.78 is 41.8. The van der Waals surface area contributed by atoms with Crippen molar-refractivity contribution in [2.45, 2.75) is 19.3 Å². The molecule has 3 heterocycles. The lowest BCUT2D eigenvalue weighted by molar-refractivity contribution is -0.138. The molecule has 4 aromatic rings. The van der Waals surface area contributed by atoms with Gasteiger partial charge in [0, 0.05) is 15.8 Å². The van der Waals surface area contributed by atoms with E-state index in [9.17, 15) is 22.8 Å². The molecule has 0 unspecified atom stereocenters. The number of amides is 2. The highest BCUT2D eigenvalue weighted by Gasteiger charge is 2.35. The average Bonchev–Trinajstić information content (AvgIpc) is 3.52. The normalized spacial score (nSPS) is 15.7. The second-order valence-electron chi connectivity index (χ2n) is 7.67. The Kier molecular flexibility index (Phi) is 6.16. The number of hydrogen-bond donors (Lipinski definition) is 0. The molecule has 0 spiro atoms. The van der Waals surface area contributed by atoms with E-state index in [2.05, 4.69) is 10.1 Å². The Hall–Kier alpha value is -3.15. The lowest BCUT2D eigenvalue weighted by Gasteiger charge is -2.14. The summed E-state index contributed by atoms with van der Waals surface area (Å²) in [6.07, 6.45) is -1.38. The molecule has 0 N–H and O–H groups in total. The zero-order valence-corrected chi connectivity index (χ0v) is 20.0. The van der Waals surface area contributed by atoms with Crippen molar-refractivity contribution in [1.29, 1.82) is 0 Å². The Balaban J connectivity index is 1.40. The van der Waals surface area contributed by atoms with E-state index in [1.54, 1.807) is 41.4 Å². The molecule has 178 valence electrons. The van der Waals surface area contributed by atoms with E-state index in [-0.39, 0.29) is 33.8 Å². The predicted molar refractivity (Wildman–Crippen MR) is 129 cm³/mol. The highest BCUT2D eigenvalue weighted by molar-refractivity contribution is 8.18. The van der Waals surface area contributed by atoms with Gasteiger partial charge in [-0.25, -0.2) is 4.98 Å². The first kappa shape index (κ1) is 23.6. The van der Waals surface area contributed by atoms with Crippen molar-refractivity contribution in [2.75, 3.05) is 0 Å². The van der Waals surface area contributed by atoms with E-state index in [0.717, 1.165) is 22.7 Å². The molecule has 5 rings (SSSR count). The summed E-state index contributed by atoms with van der Waals surface area (Å²) in [6.45, 7) is 0.0201. The Morgan fingerprint density at radius 3 is 2.66 bits per heavy atom. The van der Waals surface area contributed by atoms with Crippen LogP contribution in [0, 0.1) is 0 Å². The van der Waals surface area contributed by atoms with Gasteiger partial charge in [0.05, 0.1) is 46.5 Å². The largest absolute Gasteiger partial charge is 0.416 e. The number of thiazole rings is 1. The average molecular weight is 535 g/mol. The first-order chi connectivity index (χ1) is 16.7. The minimum Gasteiger partial charge on any atom is -0.268 e. The molecule has 1 saturated heterocycles. The first-order valence-corrected chi connectivity index (χ1v) is 12.3. The molecule has 6 nitrogen and oxygen atoms in total. The number of aromatic nitrogens is 3. The number of nitrogens with zero attached hydrogens (tertiary/aromatic N) is 4. The van der Waals surface area contributed by atoms with Crippen LogP contribution in [-0.4, -0.2) is 30.8 Å². The Labute approximate surface area is 210 Å². The summed E-state index contributed by atoms with van der Waals surface area (Å²) in [5.74, 6) is -0.397. The fourth-order valence-corrected chi connectivity index (χ4v) is 5.26. The topological polar surface area (TPSA) is 68.1 Å². The van der Waals surface area contributed by atoms with Crippen LogP contribution in [0.5, 0.6) is 0 Å². The maximum Gasteiger partial charge on any atom is 0.416 e. The number of fused-ring (bicyclic) bond motifs is 1. The minimum atomic E-state index is -4.54. The number of benzene rings is 2. The van der Waals surface area contributed by atoms with Crippen molar-refractivity contribution in [3.8, 4) is 0 Å². The van der Waals surface area contributed by atoms with Crippen LogP contribution in [0.3, 0.4) is 0 Å². The van der Waals surface area contributed by atoms with Gasteiger partial charge in [-0.05, 0) is 53.2 Å². The third-order valence-corrected chi connectivity index (χ3v) is 7.12. The fourth-order valence-electron chi connectivity index (χ4n) is 3.70. The van der Waals surface area contributed by atoms with Crippen LogP contribution in [0.1, 0.15) is 22.4 Å². The molecule has 0 atom stereocenters. The zero-order chi connectivity index (χ0) is 24.7.